The van der Waals surface area contributed by atoms with Crippen LogP contribution >= 0.6 is 0 Å². The van der Waals surface area contributed by atoms with E-state index in [1.807, 2.05) is 34.9 Å². The Morgan fingerprint density at radius 3 is 2.77 bits per heavy atom. The summed E-state index contributed by atoms with van der Waals surface area (Å²) in [7, 11) is 1.79. The molecule has 1 aromatic carbocycles. The number of fused-ring (bicyclic) bond motifs is 1. The molecule has 152 valence electrons. The number of ether oxygens (including phenoxy) is 1. The molecule has 1 aliphatic heterocycles. The van der Waals surface area contributed by atoms with Gasteiger partial charge in [-0.05, 0) is 24.1 Å². The summed E-state index contributed by atoms with van der Waals surface area (Å²) in [5, 5.41) is 0. The van der Waals surface area contributed by atoms with Gasteiger partial charge in [-0.2, -0.15) is 4.39 Å². The highest BCUT2D eigenvalue weighted by atomic mass is 19.1. The zero-order valence-electron chi connectivity index (χ0n) is 16.6. The van der Waals surface area contributed by atoms with E-state index in [1.54, 1.807) is 29.9 Å². The largest absolute Gasteiger partial charge is 0.381 e. The fourth-order valence-corrected chi connectivity index (χ4v) is 3.98. The normalized spacial score (nSPS) is 16.4. The van der Waals surface area contributed by atoms with Gasteiger partial charge in [-0.1, -0.05) is 30.3 Å². The predicted molar refractivity (Wildman–Crippen MR) is 111 cm³/mol. The van der Waals surface area contributed by atoms with Crippen LogP contribution in [0.1, 0.15) is 29.4 Å². The van der Waals surface area contributed by atoms with Crippen molar-refractivity contribution in [1.29, 1.82) is 0 Å². The molecular formula is C23H21FN4O2. The molecule has 5 rings (SSSR count). The van der Waals surface area contributed by atoms with Crippen molar-refractivity contribution in [2.75, 3.05) is 13.2 Å². The van der Waals surface area contributed by atoms with Gasteiger partial charge >= 0.3 is 0 Å². The lowest BCUT2D eigenvalue weighted by Gasteiger charge is -2.12. The Bertz CT molecular complexity index is 1270. The number of hydrogen-bond acceptors (Lipinski definition) is 4. The molecule has 30 heavy (non-hydrogen) atoms. The Morgan fingerprint density at radius 2 is 2.03 bits per heavy atom. The molecule has 0 radical (unpaired) electrons. The topological polar surface area (TPSA) is 61.4 Å². The molecule has 0 N–H and O–H groups in total. The third-order valence-electron chi connectivity index (χ3n) is 5.70. The van der Waals surface area contributed by atoms with E-state index >= 15 is 0 Å². The molecule has 0 amide bonds. The molecule has 4 heterocycles. The lowest BCUT2D eigenvalue weighted by Crippen LogP contribution is -2.23. The maximum absolute atomic E-state index is 13.4. The predicted octanol–water partition coefficient (Wildman–Crippen LogP) is 3.33. The molecule has 1 fully saturated rings. The van der Waals surface area contributed by atoms with Gasteiger partial charge in [0.2, 0.25) is 5.95 Å². The number of imidazole rings is 1. The SMILES string of the molecule is Cn1c(Cc2ccc(-c3cccc(F)n3)cc2)cn2c([C@H]3CCOC3)ncc2c1=O. The van der Waals surface area contributed by atoms with Gasteiger partial charge in [0.15, 0.2) is 0 Å². The van der Waals surface area contributed by atoms with Crippen LogP contribution < -0.4 is 5.56 Å². The Hall–Kier alpha value is -3.32. The highest BCUT2D eigenvalue weighted by molar-refractivity contribution is 5.59. The maximum atomic E-state index is 13.4. The van der Waals surface area contributed by atoms with Crippen molar-refractivity contribution in [3.63, 3.8) is 0 Å². The van der Waals surface area contributed by atoms with E-state index in [0.717, 1.165) is 35.7 Å². The van der Waals surface area contributed by atoms with E-state index < -0.39 is 5.95 Å². The van der Waals surface area contributed by atoms with Gasteiger partial charge in [-0.3, -0.25) is 9.20 Å². The standard InChI is InChI=1S/C23H21FN4O2/c1-27-18(11-15-5-7-16(8-6-15)19-3-2-4-21(24)26-19)13-28-20(23(27)29)12-25-22(28)17-9-10-30-14-17/h2-8,12-13,17H,9-11,14H2,1H3/t17-/m0/s1. The van der Waals surface area contributed by atoms with Crippen LogP contribution in [0.4, 0.5) is 4.39 Å². The molecule has 0 saturated carbocycles. The van der Waals surface area contributed by atoms with Crippen molar-refractivity contribution in [1.82, 2.24) is 18.9 Å². The van der Waals surface area contributed by atoms with Crippen LogP contribution in [-0.2, 0) is 18.2 Å². The average Bonchev–Trinajstić information content (AvgIpc) is 3.42. The van der Waals surface area contributed by atoms with E-state index in [1.165, 1.54) is 6.07 Å². The van der Waals surface area contributed by atoms with Crippen molar-refractivity contribution in [3.05, 3.63) is 88.2 Å². The van der Waals surface area contributed by atoms with Crippen molar-refractivity contribution in [2.24, 2.45) is 7.05 Å². The number of halogens is 1. The minimum atomic E-state index is -0.497. The monoisotopic (exact) mass is 404 g/mol. The Kier molecular flexibility index (Phi) is 4.67. The minimum Gasteiger partial charge on any atom is -0.381 e. The van der Waals surface area contributed by atoms with Crippen molar-refractivity contribution in [2.45, 2.75) is 18.8 Å². The van der Waals surface area contributed by atoms with Gasteiger partial charge in [-0.25, -0.2) is 9.97 Å². The second-order valence-electron chi connectivity index (χ2n) is 7.64. The fraction of sp³-hybridized carbons (Fsp3) is 0.261. The summed E-state index contributed by atoms with van der Waals surface area (Å²) < 4.78 is 22.5. The number of aromatic nitrogens is 4. The summed E-state index contributed by atoms with van der Waals surface area (Å²) in [6.45, 7) is 1.36. The second-order valence-corrected chi connectivity index (χ2v) is 7.64. The average molecular weight is 404 g/mol. The first-order valence-corrected chi connectivity index (χ1v) is 9.95. The van der Waals surface area contributed by atoms with E-state index in [4.69, 9.17) is 4.74 Å². The Morgan fingerprint density at radius 1 is 1.20 bits per heavy atom. The molecule has 1 atom stereocenters. The lowest BCUT2D eigenvalue weighted by atomic mass is 10.0. The van der Waals surface area contributed by atoms with Crippen molar-refractivity contribution in [3.8, 4) is 11.3 Å². The first-order chi connectivity index (χ1) is 14.6. The zero-order chi connectivity index (χ0) is 20.7. The molecule has 0 bridgehead atoms. The highest BCUT2D eigenvalue weighted by Crippen LogP contribution is 2.25. The number of pyridine rings is 1. The minimum absolute atomic E-state index is 0.0641. The third kappa shape index (κ3) is 3.31. The molecule has 1 aliphatic rings. The number of benzene rings is 1. The summed E-state index contributed by atoms with van der Waals surface area (Å²) in [6.07, 6.45) is 5.16. The van der Waals surface area contributed by atoms with Gasteiger partial charge in [-0.15, -0.1) is 0 Å². The molecule has 6 nitrogen and oxygen atoms in total. The molecule has 0 spiro atoms. The molecule has 0 aliphatic carbocycles. The Labute approximate surface area is 172 Å². The fourth-order valence-electron chi connectivity index (χ4n) is 3.98. The van der Waals surface area contributed by atoms with Crippen molar-refractivity contribution < 1.29 is 9.13 Å². The van der Waals surface area contributed by atoms with E-state index in [-0.39, 0.29) is 11.5 Å². The smallest absolute Gasteiger partial charge is 0.276 e. The third-order valence-corrected chi connectivity index (χ3v) is 5.70. The first-order valence-electron chi connectivity index (χ1n) is 9.95. The Balaban J connectivity index is 1.48. The molecule has 7 heteroatoms. The first kappa shape index (κ1) is 18.7. The zero-order valence-corrected chi connectivity index (χ0v) is 16.6. The van der Waals surface area contributed by atoms with E-state index in [0.29, 0.717) is 24.2 Å². The number of rotatable bonds is 4. The highest BCUT2D eigenvalue weighted by Gasteiger charge is 2.23. The van der Waals surface area contributed by atoms with Gasteiger partial charge < -0.3 is 9.30 Å². The number of hydrogen-bond donors (Lipinski definition) is 0. The molecule has 1 saturated heterocycles. The number of nitrogens with zero attached hydrogens (tertiary/aromatic N) is 4. The van der Waals surface area contributed by atoms with Crippen LogP contribution in [0.5, 0.6) is 0 Å². The maximum Gasteiger partial charge on any atom is 0.276 e. The van der Waals surface area contributed by atoms with Crippen LogP contribution in [0.25, 0.3) is 16.8 Å². The molecule has 4 aromatic rings. The van der Waals surface area contributed by atoms with Crippen LogP contribution in [0.3, 0.4) is 0 Å². The lowest BCUT2D eigenvalue weighted by molar-refractivity contribution is 0.193. The summed E-state index contributed by atoms with van der Waals surface area (Å²) >= 11 is 0. The molecular weight excluding hydrogens is 383 g/mol. The van der Waals surface area contributed by atoms with Crippen LogP contribution in [0.15, 0.2) is 59.7 Å². The molecule has 0 unspecified atom stereocenters. The summed E-state index contributed by atoms with van der Waals surface area (Å²) in [5.41, 5.74) is 3.90. The van der Waals surface area contributed by atoms with Crippen LogP contribution in [0.2, 0.25) is 0 Å². The summed E-state index contributed by atoms with van der Waals surface area (Å²) in [5.74, 6) is 0.600. The van der Waals surface area contributed by atoms with Gasteiger partial charge in [0.05, 0.1) is 18.5 Å². The van der Waals surface area contributed by atoms with Crippen molar-refractivity contribution >= 4 is 5.52 Å². The van der Waals surface area contributed by atoms with E-state index in [9.17, 15) is 9.18 Å². The van der Waals surface area contributed by atoms with Gasteiger partial charge in [0.25, 0.3) is 5.56 Å². The molecule has 3 aromatic heterocycles. The summed E-state index contributed by atoms with van der Waals surface area (Å²) in [6, 6.07) is 12.6. The summed E-state index contributed by atoms with van der Waals surface area (Å²) in [4.78, 5) is 21.3. The van der Waals surface area contributed by atoms with Gasteiger partial charge in [0.1, 0.15) is 11.3 Å². The van der Waals surface area contributed by atoms with Gasteiger partial charge in [0, 0.05) is 43.4 Å². The van der Waals surface area contributed by atoms with E-state index in [2.05, 4.69) is 9.97 Å². The quantitative estimate of drug-likeness (QED) is 0.490. The van der Waals surface area contributed by atoms with Crippen LogP contribution in [-0.4, -0.2) is 32.1 Å². The second kappa shape index (κ2) is 7.50. The van der Waals surface area contributed by atoms with Crippen LogP contribution in [0, 0.1) is 5.95 Å².